The Kier molecular flexibility index (Phi) is 6.51. The topological polar surface area (TPSA) is 79.0 Å². The number of ether oxygens (including phenoxy) is 1. The molecular weight excluding hydrogens is 397 g/mol. The summed E-state index contributed by atoms with van der Waals surface area (Å²) in [4.78, 5) is 14.1. The average molecular weight is 421 g/mol. The minimum atomic E-state index is -3.67. The lowest BCUT2D eigenvalue weighted by Crippen LogP contribution is -2.40. The van der Waals surface area contributed by atoms with Gasteiger partial charge in [-0.3, -0.25) is 0 Å². The smallest absolute Gasteiger partial charge is 0.322 e. The summed E-state index contributed by atoms with van der Waals surface area (Å²) in [5.74, 6) is -0.391. The Bertz CT molecular complexity index is 977. The molecule has 2 amide bonds. The lowest BCUT2D eigenvalue weighted by molar-refractivity contribution is 0.0730. The molecule has 3 rings (SSSR count). The number of rotatable bonds is 5. The van der Waals surface area contributed by atoms with Crippen LogP contribution in [0.3, 0.4) is 0 Å². The highest BCUT2D eigenvalue weighted by molar-refractivity contribution is 7.89. The van der Waals surface area contributed by atoms with Crippen LogP contribution in [-0.4, -0.2) is 57.0 Å². The van der Waals surface area contributed by atoms with E-state index in [-0.39, 0.29) is 4.90 Å². The first-order chi connectivity index (χ1) is 13.8. The van der Waals surface area contributed by atoms with Crippen LogP contribution in [0.1, 0.15) is 18.5 Å². The first-order valence-electron chi connectivity index (χ1n) is 9.27. The van der Waals surface area contributed by atoms with Gasteiger partial charge in [0.05, 0.1) is 24.2 Å². The zero-order valence-corrected chi connectivity index (χ0v) is 17.2. The Morgan fingerprint density at radius 1 is 1.17 bits per heavy atom. The van der Waals surface area contributed by atoms with Gasteiger partial charge >= 0.3 is 6.03 Å². The second-order valence-electron chi connectivity index (χ2n) is 6.78. The van der Waals surface area contributed by atoms with Crippen LogP contribution in [0.25, 0.3) is 0 Å². The summed E-state index contributed by atoms with van der Waals surface area (Å²) in [5, 5.41) is 2.68. The molecule has 1 saturated heterocycles. The number of sulfonamides is 1. The molecular formula is C20H24FN3O4S. The Balaban J connectivity index is 1.74. The van der Waals surface area contributed by atoms with Crippen LogP contribution in [0.5, 0.6) is 0 Å². The summed E-state index contributed by atoms with van der Waals surface area (Å²) >= 11 is 0. The van der Waals surface area contributed by atoms with E-state index >= 15 is 0 Å². The van der Waals surface area contributed by atoms with Crippen molar-refractivity contribution in [1.82, 2.24) is 9.21 Å². The van der Waals surface area contributed by atoms with E-state index in [1.807, 2.05) is 0 Å². The molecule has 0 aliphatic carbocycles. The monoisotopic (exact) mass is 421 g/mol. The number of morpholine rings is 1. The fraction of sp³-hybridized carbons (Fsp3) is 0.350. The van der Waals surface area contributed by atoms with Crippen molar-refractivity contribution in [2.75, 3.05) is 38.7 Å². The number of hydrogen-bond acceptors (Lipinski definition) is 4. The first-order valence-corrected chi connectivity index (χ1v) is 10.7. The molecule has 1 aliphatic heterocycles. The van der Waals surface area contributed by atoms with Gasteiger partial charge in [0.15, 0.2) is 0 Å². The Morgan fingerprint density at radius 3 is 2.55 bits per heavy atom. The van der Waals surface area contributed by atoms with Crippen molar-refractivity contribution in [3.05, 3.63) is 59.9 Å². The predicted molar refractivity (Wildman–Crippen MR) is 108 cm³/mol. The Hall–Kier alpha value is -2.49. The molecule has 0 saturated carbocycles. The second kappa shape index (κ2) is 8.89. The maximum atomic E-state index is 14.0. The molecule has 1 N–H and O–H groups in total. The number of nitrogens with one attached hydrogen (secondary N) is 1. The molecule has 1 heterocycles. The number of benzene rings is 2. The van der Waals surface area contributed by atoms with Crippen LogP contribution in [0, 0.1) is 5.82 Å². The van der Waals surface area contributed by atoms with Gasteiger partial charge in [-0.25, -0.2) is 17.6 Å². The lowest BCUT2D eigenvalue weighted by atomic mass is 10.1. The van der Waals surface area contributed by atoms with Crippen molar-refractivity contribution in [2.45, 2.75) is 17.9 Å². The zero-order chi connectivity index (χ0) is 21.0. The lowest BCUT2D eigenvalue weighted by Gasteiger charge is -2.27. The highest BCUT2D eigenvalue weighted by Gasteiger charge is 2.27. The molecule has 1 aliphatic rings. The summed E-state index contributed by atoms with van der Waals surface area (Å²) in [6.07, 6.45) is 0. The van der Waals surface area contributed by atoms with Gasteiger partial charge in [-0.1, -0.05) is 24.3 Å². The number of carbonyl (C=O) groups is 1. The minimum absolute atomic E-state index is 0.0991. The van der Waals surface area contributed by atoms with E-state index in [1.54, 1.807) is 44.3 Å². The molecule has 29 heavy (non-hydrogen) atoms. The molecule has 2 aromatic carbocycles. The molecule has 9 heteroatoms. The maximum absolute atomic E-state index is 14.0. The number of anilines is 1. The molecule has 0 bridgehead atoms. The molecule has 1 unspecified atom stereocenters. The fourth-order valence-electron chi connectivity index (χ4n) is 3.08. The third-order valence-electron chi connectivity index (χ3n) is 4.95. The minimum Gasteiger partial charge on any atom is -0.379 e. The average Bonchev–Trinajstić information content (AvgIpc) is 2.74. The number of amides is 2. The first kappa shape index (κ1) is 21.2. The summed E-state index contributed by atoms with van der Waals surface area (Å²) in [6.45, 7) is 3.02. The molecule has 0 radical (unpaired) electrons. The third-order valence-corrected chi connectivity index (χ3v) is 6.84. The van der Waals surface area contributed by atoms with Gasteiger partial charge in [0.25, 0.3) is 0 Å². The highest BCUT2D eigenvalue weighted by atomic mass is 32.2. The second-order valence-corrected chi connectivity index (χ2v) is 8.72. The van der Waals surface area contributed by atoms with E-state index < -0.39 is 27.9 Å². The van der Waals surface area contributed by atoms with Crippen LogP contribution in [0.2, 0.25) is 0 Å². The van der Waals surface area contributed by atoms with Crippen LogP contribution >= 0.6 is 0 Å². The predicted octanol–water partition coefficient (Wildman–Crippen LogP) is 3.07. The maximum Gasteiger partial charge on any atom is 0.322 e. The van der Waals surface area contributed by atoms with Crippen LogP contribution < -0.4 is 5.32 Å². The van der Waals surface area contributed by atoms with Crippen molar-refractivity contribution in [3.63, 3.8) is 0 Å². The van der Waals surface area contributed by atoms with Gasteiger partial charge in [-0.2, -0.15) is 4.31 Å². The van der Waals surface area contributed by atoms with Gasteiger partial charge in [0.2, 0.25) is 10.0 Å². The fourth-order valence-corrected chi connectivity index (χ4v) is 4.53. The molecule has 0 aromatic heterocycles. The van der Waals surface area contributed by atoms with Crippen LogP contribution in [0.4, 0.5) is 14.9 Å². The largest absolute Gasteiger partial charge is 0.379 e. The molecule has 2 aromatic rings. The zero-order valence-electron chi connectivity index (χ0n) is 16.3. The molecule has 156 valence electrons. The molecule has 1 atom stereocenters. The Labute approximate surface area is 170 Å². The van der Waals surface area contributed by atoms with Gasteiger partial charge in [-0.05, 0) is 31.2 Å². The van der Waals surface area contributed by atoms with E-state index in [2.05, 4.69) is 5.32 Å². The van der Waals surface area contributed by atoms with Crippen molar-refractivity contribution < 1.29 is 22.3 Å². The van der Waals surface area contributed by atoms with Crippen molar-refractivity contribution >= 4 is 21.7 Å². The van der Waals surface area contributed by atoms with E-state index in [1.165, 1.54) is 27.4 Å². The van der Waals surface area contributed by atoms with Crippen molar-refractivity contribution in [3.8, 4) is 0 Å². The van der Waals surface area contributed by atoms with Crippen LogP contribution in [0.15, 0.2) is 53.4 Å². The molecule has 7 nitrogen and oxygen atoms in total. The molecule has 1 fully saturated rings. The SMILES string of the molecule is CC(c1ccccc1F)N(C)C(=O)Nc1cccc(S(=O)(=O)N2CCOCC2)c1. The number of carbonyl (C=O) groups excluding carboxylic acids is 1. The summed E-state index contributed by atoms with van der Waals surface area (Å²) in [6, 6.07) is 11.4. The number of halogens is 1. The van der Waals surface area contributed by atoms with Crippen molar-refractivity contribution in [2.24, 2.45) is 0 Å². The van der Waals surface area contributed by atoms with Crippen molar-refractivity contribution in [1.29, 1.82) is 0 Å². The summed E-state index contributed by atoms with van der Waals surface area (Å²) in [7, 11) is -2.11. The van der Waals surface area contributed by atoms with Gasteiger partial charge in [0.1, 0.15) is 5.82 Å². The quantitative estimate of drug-likeness (QED) is 0.805. The summed E-state index contributed by atoms with van der Waals surface area (Å²) in [5.41, 5.74) is 0.741. The van der Waals surface area contributed by atoms with Crippen LogP contribution in [-0.2, 0) is 14.8 Å². The van der Waals surface area contributed by atoms with Gasteiger partial charge in [0, 0.05) is 31.4 Å². The summed E-state index contributed by atoms with van der Waals surface area (Å²) < 4.78 is 46.2. The Morgan fingerprint density at radius 2 is 1.86 bits per heavy atom. The highest BCUT2D eigenvalue weighted by Crippen LogP contribution is 2.24. The number of hydrogen-bond donors (Lipinski definition) is 1. The van der Waals surface area contributed by atoms with Gasteiger partial charge < -0.3 is 15.0 Å². The van der Waals surface area contributed by atoms with E-state index in [0.717, 1.165) is 0 Å². The third kappa shape index (κ3) is 4.75. The van der Waals surface area contributed by atoms with Gasteiger partial charge in [-0.15, -0.1) is 0 Å². The number of urea groups is 1. The van der Waals surface area contributed by atoms with E-state index in [0.29, 0.717) is 37.6 Å². The standard InChI is InChI=1S/C20H24FN3O4S/c1-15(18-8-3-4-9-19(18)21)23(2)20(25)22-16-6-5-7-17(14-16)29(26,27)24-10-12-28-13-11-24/h3-9,14-15H,10-13H2,1-2H3,(H,22,25). The molecule has 0 spiro atoms. The normalized spacial score (nSPS) is 16.2. The number of nitrogens with zero attached hydrogens (tertiary/aromatic N) is 2. The van der Waals surface area contributed by atoms with E-state index in [4.69, 9.17) is 4.74 Å². The van der Waals surface area contributed by atoms with E-state index in [9.17, 15) is 17.6 Å².